The Morgan fingerprint density at radius 1 is 1.38 bits per heavy atom. The van der Waals surface area contributed by atoms with Crippen molar-refractivity contribution >= 4 is 32.6 Å². The van der Waals surface area contributed by atoms with Gasteiger partial charge in [-0.3, -0.25) is 4.79 Å². The molecule has 0 spiro atoms. The van der Waals surface area contributed by atoms with Gasteiger partial charge >= 0.3 is 0 Å². The van der Waals surface area contributed by atoms with E-state index in [0.29, 0.717) is 12.3 Å². The first-order valence-electron chi connectivity index (χ1n) is 7.63. The number of rotatable bonds is 4. The molecule has 21 heavy (non-hydrogen) atoms. The van der Waals surface area contributed by atoms with Gasteiger partial charge in [0.2, 0.25) is 5.91 Å². The van der Waals surface area contributed by atoms with E-state index in [0.717, 1.165) is 43.1 Å². The lowest BCUT2D eigenvalue weighted by atomic mass is 9.97. The Labute approximate surface area is 129 Å². The lowest BCUT2D eigenvalue weighted by Gasteiger charge is -2.31. The van der Waals surface area contributed by atoms with Gasteiger partial charge in [-0.2, -0.15) is 0 Å². The maximum atomic E-state index is 11.3. The monoisotopic (exact) mass is 303 g/mol. The minimum absolute atomic E-state index is 0.156. The second-order valence-electron chi connectivity index (χ2n) is 5.55. The molecule has 112 valence electrons. The van der Waals surface area contributed by atoms with Crippen LogP contribution in [0.3, 0.4) is 0 Å². The maximum Gasteiger partial charge on any atom is 0.219 e. The van der Waals surface area contributed by atoms with Crippen molar-refractivity contribution in [3.8, 4) is 0 Å². The molecule has 0 radical (unpaired) electrons. The number of carbonyl (C=O) groups excluding carboxylic acids is 1. The summed E-state index contributed by atoms with van der Waals surface area (Å²) in [5.74, 6) is 0.759. The first-order valence-corrected chi connectivity index (χ1v) is 8.45. The van der Waals surface area contributed by atoms with Gasteiger partial charge in [-0.1, -0.05) is 30.4 Å². The SMILES string of the molecule is CCC(=O)NCC1CCN(c2nc3ccccc3s2)CC1. The molecule has 1 aromatic heterocycles. The maximum absolute atomic E-state index is 11.3. The Morgan fingerprint density at radius 2 is 2.14 bits per heavy atom. The predicted octanol–water partition coefficient (Wildman–Crippen LogP) is 3.04. The third kappa shape index (κ3) is 3.35. The summed E-state index contributed by atoms with van der Waals surface area (Å²) in [6.45, 7) is 4.78. The molecule has 1 N–H and O–H groups in total. The first-order chi connectivity index (χ1) is 10.3. The molecule has 0 saturated carbocycles. The van der Waals surface area contributed by atoms with E-state index in [4.69, 9.17) is 4.98 Å². The molecule has 2 aromatic rings. The molecule has 0 aliphatic carbocycles. The minimum Gasteiger partial charge on any atom is -0.356 e. The number of thiazole rings is 1. The van der Waals surface area contributed by atoms with Gasteiger partial charge in [-0.05, 0) is 30.9 Å². The molecular weight excluding hydrogens is 282 g/mol. The molecule has 1 aliphatic rings. The molecule has 1 saturated heterocycles. The number of hydrogen-bond acceptors (Lipinski definition) is 4. The number of carbonyl (C=O) groups is 1. The Hall–Kier alpha value is -1.62. The van der Waals surface area contributed by atoms with Crippen molar-refractivity contribution in [3.05, 3.63) is 24.3 Å². The normalized spacial score (nSPS) is 16.3. The number of para-hydroxylation sites is 1. The van der Waals surface area contributed by atoms with Gasteiger partial charge < -0.3 is 10.2 Å². The average molecular weight is 303 g/mol. The largest absolute Gasteiger partial charge is 0.356 e. The van der Waals surface area contributed by atoms with Crippen molar-refractivity contribution in [1.82, 2.24) is 10.3 Å². The van der Waals surface area contributed by atoms with E-state index in [1.807, 2.05) is 13.0 Å². The van der Waals surface area contributed by atoms with Gasteiger partial charge in [0.1, 0.15) is 0 Å². The summed E-state index contributed by atoms with van der Waals surface area (Å²) >= 11 is 1.77. The Morgan fingerprint density at radius 3 is 2.86 bits per heavy atom. The van der Waals surface area contributed by atoms with Crippen LogP contribution in [0, 0.1) is 5.92 Å². The third-order valence-corrected chi connectivity index (χ3v) is 5.17. The summed E-state index contributed by atoms with van der Waals surface area (Å²) in [6, 6.07) is 8.30. The summed E-state index contributed by atoms with van der Waals surface area (Å²) in [5, 5.41) is 4.14. The molecule has 1 aromatic carbocycles. The predicted molar refractivity (Wildman–Crippen MR) is 87.9 cm³/mol. The van der Waals surface area contributed by atoms with Gasteiger partial charge in [0.15, 0.2) is 5.13 Å². The molecule has 0 bridgehead atoms. The fourth-order valence-corrected chi connectivity index (χ4v) is 3.72. The Balaban J connectivity index is 1.56. The average Bonchev–Trinajstić information content (AvgIpc) is 2.97. The summed E-state index contributed by atoms with van der Waals surface area (Å²) in [6.07, 6.45) is 2.82. The number of hydrogen-bond donors (Lipinski definition) is 1. The highest BCUT2D eigenvalue weighted by atomic mass is 32.1. The number of benzene rings is 1. The summed E-state index contributed by atoms with van der Waals surface area (Å²) < 4.78 is 1.25. The van der Waals surface area contributed by atoms with E-state index in [-0.39, 0.29) is 5.91 Å². The van der Waals surface area contributed by atoms with Gasteiger partial charge in [0.05, 0.1) is 10.2 Å². The molecule has 4 nitrogen and oxygen atoms in total. The van der Waals surface area contributed by atoms with Crippen LogP contribution in [-0.2, 0) is 4.79 Å². The highest BCUT2D eigenvalue weighted by molar-refractivity contribution is 7.22. The molecule has 1 aliphatic heterocycles. The van der Waals surface area contributed by atoms with E-state index in [1.54, 1.807) is 11.3 Å². The summed E-state index contributed by atoms with van der Waals surface area (Å²) in [4.78, 5) is 18.4. The Bertz CT molecular complexity index is 584. The van der Waals surface area contributed by atoms with Gasteiger partial charge in [0, 0.05) is 26.1 Å². The van der Waals surface area contributed by atoms with Gasteiger partial charge in [0.25, 0.3) is 0 Å². The zero-order chi connectivity index (χ0) is 14.7. The zero-order valence-corrected chi connectivity index (χ0v) is 13.2. The van der Waals surface area contributed by atoms with Crippen molar-refractivity contribution < 1.29 is 4.79 Å². The molecule has 1 amide bonds. The fourth-order valence-electron chi connectivity index (χ4n) is 2.71. The number of nitrogens with zero attached hydrogens (tertiary/aromatic N) is 2. The highest BCUT2D eigenvalue weighted by Crippen LogP contribution is 2.31. The number of anilines is 1. The van der Waals surface area contributed by atoms with Crippen LogP contribution in [0.5, 0.6) is 0 Å². The van der Waals surface area contributed by atoms with Crippen molar-refractivity contribution in [1.29, 1.82) is 0 Å². The molecule has 1 fully saturated rings. The summed E-state index contributed by atoms with van der Waals surface area (Å²) in [5.41, 5.74) is 1.09. The second kappa shape index (κ2) is 6.43. The smallest absolute Gasteiger partial charge is 0.219 e. The van der Waals surface area contributed by atoms with Crippen molar-refractivity contribution in [2.75, 3.05) is 24.5 Å². The van der Waals surface area contributed by atoms with E-state index in [1.165, 1.54) is 4.70 Å². The highest BCUT2D eigenvalue weighted by Gasteiger charge is 2.21. The number of piperidine rings is 1. The van der Waals surface area contributed by atoms with Crippen molar-refractivity contribution in [3.63, 3.8) is 0 Å². The fraction of sp³-hybridized carbons (Fsp3) is 0.500. The van der Waals surface area contributed by atoms with Crippen LogP contribution in [0.15, 0.2) is 24.3 Å². The van der Waals surface area contributed by atoms with E-state index in [9.17, 15) is 4.79 Å². The Kier molecular flexibility index (Phi) is 4.39. The van der Waals surface area contributed by atoms with E-state index < -0.39 is 0 Å². The van der Waals surface area contributed by atoms with Crippen LogP contribution < -0.4 is 10.2 Å². The van der Waals surface area contributed by atoms with Crippen LogP contribution in [-0.4, -0.2) is 30.5 Å². The zero-order valence-electron chi connectivity index (χ0n) is 12.3. The standard InChI is InChI=1S/C16H21N3OS/c1-2-15(20)17-11-12-7-9-19(10-8-12)16-18-13-5-3-4-6-14(13)21-16/h3-6,12H,2,7-11H2,1H3,(H,17,20). The van der Waals surface area contributed by atoms with E-state index in [2.05, 4.69) is 28.4 Å². The number of fused-ring (bicyclic) bond motifs is 1. The number of nitrogens with one attached hydrogen (secondary N) is 1. The van der Waals surface area contributed by atoms with Crippen LogP contribution in [0.2, 0.25) is 0 Å². The van der Waals surface area contributed by atoms with Crippen molar-refractivity contribution in [2.45, 2.75) is 26.2 Å². The van der Waals surface area contributed by atoms with Crippen LogP contribution >= 0.6 is 11.3 Å². The number of aromatic nitrogens is 1. The quantitative estimate of drug-likeness (QED) is 0.944. The van der Waals surface area contributed by atoms with E-state index >= 15 is 0 Å². The third-order valence-electron chi connectivity index (χ3n) is 4.08. The molecule has 5 heteroatoms. The molecular formula is C16H21N3OS. The topological polar surface area (TPSA) is 45.2 Å². The molecule has 0 unspecified atom stereocenters. The lowest BCUT2D eigenvalue weighted by molar-refractivity contribution is -0.120. The van der Waals surface area contributed by atoms with Gasteiger partial charge in [-0.15, -0.1) is 0 Å². The van der Waals surface area contributed by atoms with Gasteiger partial charge in [-0.25, -0.2) is 4.98 Å². The minimum atomic E-state index is 0.156. The lowest BCUT2D eigenvalue weighted by Crippen LogP contribution is -2.38. The summed E-state index contributed by atoms with van der Waals surface area (Å²) in [7, 11) is 0. The second-order valence-corrected chi connectivity index (χ2v) is 6.56. The molecule has 3 rings (SSSR count). The molecule has 0 atom stereocenters. The van der Waals surface area contributed by atoms with Crippen LogP contribution in [0.25, 0.3) is 10.2 Å². The molecule has 2 heterocycles. The number of amides is 1. The van der Waals surface area contributed by atoms with Crippen LogP contribution in [0.1, 0.15) is 26.2 Å². The van der Waals surface area contributed by atoms with Crippen LogP contribution in [0.4, 0.5) is 5.13 Å². The van der Waals surface area contributed by atoms with Crippen molar-refractivity contribution in [2.24, 2.45) is 5.92 Å². The first kappa shape index (κ1) is 14.3.